The Morgan fingerprint density at radius 1 is 1.40 bits per heavy atom. The topological polar surface area (TPSA) is 57.6 Å². The zero-order valence-corrected chi connectivity index (χ0v) is 14.1. The lowest BCUT2D eigenvalue weighted by molar-refractivity contribution is 0.280. The van der Waals surface area contributed by atoms with Crippen LogP contribution in [-0.2, 0) is 16.6 Å². The summed E-state index contributed by atoms with van der Waals surface area (Å²) in [7, 11) is -1.90. The number of aliphatic hydroxyl groups is 1. The Labute approximate surface area is 126 Å². The molecule has 0 saturated carbocycles. The van der Waals surface area contributed by atoms with Gasteiger partial charge in [-0.25, -0.2) is 8.42 Å². The Morgan fingerprint density at radius 2 is 2.05 bits per heavy atom. The number of hydrogen-bond acceptors (Lipinski definition) is 4. The highest BCUT2D eigenvalue weighted by atomic mass is 32.2. The molecule has 0 amide bonds. The van der Waals surface area contributed by atoms with Crippen LogP contribution >= 0.6 is 11.8 Å². The molecular weight excluding hydrogens is 294 g/mol. The Kier molecular flexibility index (Phi) is 6.51. The van der Waals surface area contributed by atoms with E-state index in [1.807, 2.05) is 20.1 Å². The van der Waals surface area contributed by atoms with Gasteiger partial charge < -0.3 is 5.11 Å². The van der Waals surface area contributed by atoms with Gasteiger partial charge in [0, 0.05) is 13.1 Å². The van der Waals surface area contributed by atoms with Crippen molar-refractivity contribution in [3.05, 3.63) is 29.3 Å². The standard InChI is InChI=1S/C14H23NO3S2/c1-11-5-6-14(9-13(11)10-16)20(17,18)15(3)12(2)7-8-19-4/h5-6,9,12,16H,7-8,10H2,1-4H3. The van der Waals surface area contributed by atoms with Crippen LogP contribution in [0.1, 0.15) is 24.5 Å². The van der Waals surface area contributed by atoms with Crippen LogP contribution in [0.15, 0.2) is 23.1 Å². The summed E-state index contributed by atoms with van der Waals surface area (Å²) >= 11 is 1.71. The van der Waals surface area contributed by atoms with Crippen molar-refractivity contribution >= 4 is 21.8 Å². The fraction of sp³-hybridized carbons (Fsp3) is 0.571. The van der Waals surface area contributed by atoms with E-state index in [2.05, 4.69) is 0 Å². The van der Waals surface area contributed by atoms with Crippen LogP contribution in [-0.4, -0.2) is 42.9 Å². The molecule has 0 bridgehead atoms. The molecule has 20 heavy (non-hydrogen) atoms. The molecule has 114 valence electrons. The molecule has 0 aromatic heterocycles. The third-order valence-electron chi connectivity index (χ3n) is 3.53. The maximum absolute atomic E-state index is 12.6. The number of aliphatic hydroxyl groups excluding tert-OH is 1. The van der Waals surface area contributed by atoms with E-state index in [9.17, 15) is 13.5 Å². The van der Waals surface area contributed by atoms with E-state index in [4.69, 9.17) is 0 Å². The molecule has 0 aliphatic heterocycles. The van der Waals surface area contributed by atoms with Gasteiger partial charge in [-0.15, -0.1) is 0 Å². The molecule has 1 unspecified atom stereocenters. The van der Waals surface area contributed by atoms with Crippen molar-refractivity contribution in [2.75, 3.05) is 19.1 Å². The molecule has 1 atom stereocenters. The summed E-state index contributed by atoms with van der Waals surface area (Å²) in [5, 5.41) is 9.26. The average Bonchev–Trinajstić information content (AvgIpc) is 2.44. The first kappa shape index (κ1) is 17.5. The summed E-state index contributed by atoms with van der Waals surface area (Å²) in [6.07, 6.45) is 2.82. The minimum atomic E-state index is -3.51. The summed E-state index contributed by atoms with van der Waals surface area (Å²) in [6.45, 7) is 3.61. The van der Waals surface area contributed by atoms with Gasteiger partial charge in [-0.3, -0.25) is 0 Å². The predicted octanol–water partition coefficient (Wildman–Crippen LogP) is 2.25. The van der Waals surface area contributed by atoms with E-state index in [-0.39, 0.29) is 17.5 Å². The van der Waals surface area contributed by atoms with E-state index in [1.165, 1.54) is 4.31 Å². The van der Waals surface area contributed by atoms with E-state index < -0.39 is 10.0 Å². The highest BCUT2D eigenvalue weighted by molar-refractivity contribution is 7.98. The molecule has 0 heterocycles. The third-order valence-corrected chi connectivity index (χ3v) is 6.14. The van der Waals surface area contributed by atoms with Gasteiger partial charge in [-0.1, -0.05) is 6.07 Å². The number of nitrogens with zero attached hydrogens (tertiary/aromatic N) is 1. The lowest BCUT2D eigenvalue weighted by atomic mass is 10.1. The minimum absolute atomic E-state index is 0.0497. The largest absolute Gasteiger partial charge is 0.392 e. The van der Waals surface area contributed by atoms with Gasteiger partial charge in [0.25, 0.3) is 0 Å². The molecule has 0 saturated heterocycles. The van der Waals surface area contributed by atoms with Crippen molar-refractivity contribution in [3.63, 3.8) is 0 Å². The zero-order valence-electron chi connectivity index (χ0n) is 12.5. The summed E-state index contributed by atoms with van der Waals surface area (Å²) in [5.74, 6) is 0.927. The number of aryl methyl sites for hydroxylation is 1. The SMILES string of the molecule is CSCCC(C)N(C)S(=O)(=O)c1ccc(C)c(CO)c1. The number of thioether (sulfide) groups is 1. The molecule has 1 N–H and O–H groups in total. The van der Waals surface area contributed by atoms with Crippen LogP contribution in [0.25, 0.3) is 0 Å². The Bertz CT molecular complexity index is 543. The second-order valence-corrected chi connectivity index (χ2v) is 7.88. The van der Waals surface area contributed by atoms with Gasteiger partial charge in [-0.05, 0) is 55.5 Å². The van der Waals surface area contributed by atoms with Gasteiger partial charge in [0.1, 0.15) is 0 Å². The van der Waals surface area contributed by atoms with E-state index >= 15 is 0 Å². The summed E-state index contributed by atoms with van der Waals surface area (Å²) in [4.78, 5) is 0.241. The number of rotatable bonds is 7. The molecule has 0 radical (unpaired) electrons. The van der Waals surface area contributed by atoms with Gasteiger partial charge in [0.05, 0.1) is 11.5 Å². The Hall–Kier alpha value is -0.560. The van der Waals surface area contributed by atoms with Crippen LogP contribution in [0.3, 0.4) is 0 Å². The summed E-state index contributed by atoms with van der Waals surface area (Å²) < 4.78 is 26.5. The lowest BCUT2D eigenvalue weighted by Crippen LogP contribution is -2.35. The van der Waals surface area contributed by atoms with Crippen LogP contribution in [0.5, 0.6) is 0 Å². The van der Waals surface area contributed by atoms with Gasteiger partial charge in [0.2, 0.25) is 10.0 Å². The zero-order chi connectivity index (χ0) is 15.3. The fourth-order valence-corrected chi connectivity index (χ4v) is 3.87. The maximum Gasteiger partial charge on any atom is 0.243 e. The Balaban J connectivity index is 3.03. The molecule has 6 heteroatoms. The van der Waals surface area contributed by atoms with Gasteiger partial charge >= 0.3 is 0 Å². The summed E-state index contributed by atoms with van der Waals surface area (Å²) in [5.41, 5.74) is 1.54. The Morgan fingerprint density at radius 3 is 2.60 bits per heavy atom. The highest BCUT2D eigenvalue weighted by Gasteiger charge is 2.25. The predicted molar refractivity (Wildman–Crippen MR) is 84.5 cm³/mol. The van der Waals surface area contributed by atoms with Crippen LogP contribution < -0.4 is 0 Å². The van der Waals surface area contributed by atoms with E-state index in [1.54, 1.807) is 37.0 Å². The lowest BCUT2D eigenvalue weighted by Gasteiger charge is -2.24. The third kappa shape index (κ3) is 3.97. The minimum Gasteiger partial charge on any atom is -0.392 e. The molecule has 0 fully saturated rings. The molecule has 0 aliphatic carbocycles. The first-order valence-corrected chi connectivity index (χ1v) is 9.35. The average molecular weight is 317 g/mol. The number of benzene rings is 1. The first-order chi connectivity index (χ1) is 9.34. The second kappa shape index (κ2) is 7.45. The summed E-state index contributed by atoms with van der Waals surface area (Å²) in [6, 6.07) is 4.84. The monoisotopic (exact) mass is 317 g/mol. The van der Waals surface area contributed by atoms with Crippen LogP contribution in [0.4, 0.5) is 0 Å². The van der Waals surface area contributed by atoms with Crippen molar-refractivity contribution in [3.8, 4) is 0 Å². The first-order valence-electron chi connectivity index (χ1n) is 6.52. The molecular formula is C14H23NO3S2. The molecule has 0 spiro atoms. The number of hydrogen-bond donors (Lipinski definition) is 1. The fourth-order valence-electron chi connectivity index (χ4n) is 1.85. The maximum atomic E-state index is 12.6. The van der Waals surface area contributed by atoms with Gasteiger partial charge in [-0.2, -0.15) is 16.1 Å². The van der Waals surface area contributed by atoms with E-state index in [0.29, 0.717) is 5.56 Å². The highest BCUT2D eigenvalue weighted by Crippen LogP contribution is 2.21. The molecule has 1 rings (SSSR count). The van der Waals surface area contributed by atoms with Crippen LogP contribution in [0.2, 0.25) is 0 Å². The van der Waals surface area contributed by atoms with Crippen molar-refractivity contribution in [2.24, 2.45) is 0 Å². The molecule has 4 nitrogen and oxygen atoms in total. The van der Waals surface area contributed by atoms with Crippen molar-refractivity contribution in [1.29, 1.82) is 0 Å². The molecule has 1 aromatic rings. The molecule has 1 aromatic carbocycles. The quantitative estimate of drug-likeness (QED) is 0.838. The van der Waals surface area contributed by atoms with Crippen LogP contribution in [0, 0.1) is 6.92 Å². The second-order valence-electron chi connectivity index (χ2n) is 4.90. The molecule has 0 aliphatic rings. The number of sulfonamides is 1. The normalized spacial score (nSPS) is 13.7. The smallest absolute Gasteiger partial charge is 0.243 e. The van der Waals surface area contributed by atoms with Gasteiger partial charge in [0.15, 0.2) is 0 Å². The van der Waals surface area contributed by atoms with E-state index in [0.717, 1.165) is 17.7 Å². The van der Waals surface area contributed by atoms with Crippen molar-refractivity contribution in [2.45, 2.75) is 37.8 Å². The van der Waals surface area contributed by atoms with Crippen molar-refractivity contribution in [1.82, 2.24) is 4.31 Å². The van der Waals surface area contributed by atoms with Crippen molar-refractivity contribution < 1.29 is 13.5 Å².